The van der Waals surface area contributed by atoms with Crippen molar-refractivity contribution in [3.8, 4) is 0 Å². The number of ether oxygens (including phenoxy) is 1. The van der Waals surface area contributed by atoms with Gasteiger partial charge in [0.25, 0.3) is 5.69 Å². The van der Waals surface area contributed by atoms with E-state index in [1.165, 1.54) is 12.1 Å². The Bertz CT molecular complexity index is 481. The average molecular weight is 282 g/mol. The molecule has 6 heteroatoms. The van der Waals surface area contributed by atoms with Crippen molar-refractivity contribution >= 4 is 11.4 Å². The van der Waals surface area contributed by atoms with Gasteiger partial charge in [0, 0.05) is 25.8 Å². The standard InChI is InChI=1S/C14H19FN2O3/c1-2-20-10-11-4-3-7-16(9-11)14-6-5-12(17(18)19)8-13(14)15/h5-6,8,11H,2-4,7,9-10H2,1H3. The van der Waals surface area contributed by atoms with Gasteiger partial charge >= 0.3 is 0 Å². The number of non-ortho nitro benzene ring substituents is 1. The van der Waals surface area contributed by atoms with Gasteiger partial charge < -0.3 is 9.64 Å². The maximum absolute atomic E-state index is 14.0. The fourth-order valence-corrected chi connectivity index (χ4v) is 2.57. The Morgan fingerprint density at radius 2 is 2.35 bits per heavy atom. The van der Waals surface area contributed by atoms with Crippen LogP contribution >= 0.6 is 0 Å². The Labute approximate surface area is 117 Å². The summed E-state index contributed by atoms with van der Waals surface area (Å²) in [5.41, 5.74) is 0.228. The zero-order valence-corrected chi connectivity index (χ0v) is 11.5. The van der Waals surface area contributed by atoms with Crippen molar-refractivity contribution < 1.29 is 14.1 Å². The Morgan fingerprint density at radius 1 is 1.55 bits per heavy atom. The van der Waals surface area contributed by atoms with E-state index in [2.05, 4.69) is 0 Å². The summed E-state index contributed by atoms with van der Waals surface area (Å²) in [6.07, 6.45) is 2.05. The van der Waals surface area contributed by atoms with E-state index in [0.717, 1.165) is 32.0 Å². The first-order valence-electron chi connectivity index (χ1n) is 6.88. The predicted octanol–water partition coefficient (Wildman–Crippen LogP) is 2.99. The fraction of sp³-hybridized carbons (Fsp3) is 0.571. The minimum atomic E-state index is -0.582. The van der Waals surface area contributed by atoms with Crippen LogP contribution in [0.3, 0.4) is 0 Å². The van der Waals surface area contributed by atoms with Gasteiger partial charge in [-0.15, -0.1) is 0 Å². The third-order valence-electron chi connectivity index (χ3n) is 3.56. The van der Waals surface area contributed by atoms with Gasteiger partial charge in [0.05, 0.1) is 23.3 Å². The molecule has 0 bridgehead atoms. The van der Waals surface area contributed by atoms with Crippen LogP contribution in [-0.4, -0.2) is 31.2 Å². The Morgan fingerprint density at radius 3 is 3.00 bits per heavy atom. The minimum Gasteiger partial charge on any atom is -0.381 e. The first kappa shape index (κ1) is 14.7. The molecule has 0 aliphatic carbocycles. The second-order valence-electron chi connectivity index (χ2n) is 5.01. The molecule has 0 N–H and O–H groups in total. The van der Waals surface area contributed by atoms with E-state index in [1.54, 1.807) is 0 Å². The lowest BCUT2D eigenvalue weighted by atomic mass is 9.98. The van der Waals surface area contributed by atoms with Crippen LogP contribution in [0, 0.1) is 21.8 Å². The molecular weight excluding hydrogens is 263 g/mol. The van der Waals surface area contributed by atoms with Crippen LogP contribution in [0.5, 0.6) is 0 Å². The molecule has 1 atom stereocenters. The van der Waals surface area contributed by atoms with E-state index in [1.807, 2.05) is 11.8 Å². The number of nitro benzene ring substituents is 1. The number of hydrogen-bond acceptors (Lipinski definition) is 4. The van der Waals surface area contributed by atoms with E-state index >= 15 is 0 Å². The highest BCUT2D eigenvalue weighted by molar-refractivity contribution is 5.52. The molecule has 0 saturated carbocycles. The lowest BCUT2D eigenvalue weighted by Gasteiger charge is -2.34. The molecule has 0 amide bonds. The minimum absolute atomic E-state index is 0.214. The quantitative estimate of drug-likeness (QED) is 0.615. The Balaban J connectivity index is 2.08. The van der Waals surface area contributed by atoms with E-state index in [4.69, 9.17) is 4.74 Å². The first-order valence-corrected chi connectivity index (χ1v) is 6.88. The largest absolute Gasteiger partial charge is 0.381 e. The van der Waals surface area contributed by atoms with Crippen LogP contribution in [0.4, 0.5) is 15.8 Å². The third kappa shape index (κ3) is 3.45. The van der Waals surface area contributed by atoms with E-state index in [9.17, 15) is 14.5 Å². The lowest BCUT2D eigenvalue weighted by Crippen LogP contribution is -2.37. The molecule has 1 fully saturated rings. The van der Waals surface area contributed by atoms with Crippen molar-refractivity contribution in [2.75, 3.05) is 31.2 Å². The second-order valence-corrected chi connectivity index (χ2v) is 5.01. The zero-order valence-electron chi connectivity index (χ0n) is 11.5. The number of piperidine rings is 1. The molecule has 0 spiro atoms. The molecule has 1 aliphatic heterocycles. The number of rotatable bonds is 5. The summed E-state index contributed by atoms with van der Waals surface area (Å²) >= 11 is 0. The topological polar surface area (TPSA) is 55.6 Å². The first-order chi connectivity index (χ1) is 9.61. The molecule has 1 saturated heterocycles. The highest BCUT2D eigenvalue weighted by Crippen LogP contribution is 2.28. The second kappa shape index (κ2) is 6.65. The summed E-state index contributed by atoms with van der Waals surface area (Å²) in [4.78, 5) is 12.0. The number of nitrogens with zero attached hydrogens (tertiary/aromatic N) is 2. The molecule has 1 aromatic carbocycles. The van der Waals surface area contributed by atoms with Crippen molar-refractivity contribution in [2.24, 2.45) is 5.92 Å². The maximum atomic E-state index is 14.0. The Kier molecular flexibility index (Phi) is 4.89. The lowest BCUT2D eigenvalue weighted by molar-refractivity contribution is -0.385. The molecule has 1 unspecified atom stereocenters. The van der Waals surface area contributed by atoms with Gasteiger partial charge in [0.2, 0.25) is 0 Å². The van der Waals surface area contributed by atoms with Crippen LogP contribution in [0.15, 0.2) is 18.2 Å². The van der Waals surface area contributed by atoms with Crippen molar-refractivity contribution in [3.05, 3.63) is 34.1 Å². The van der Waals surface area contributed by atoms with Gasteiger partial charge in [-0.3, -0.25) is 10.1 Å². The van der Waals surface area contributed by atoms with Crippen LogP contribution in [0.1, 0.15) is 19.8 Å². The molecule has 0 aromatic heterocycles. The maximum Gasteiger partial charge on any atom is 0.272 e. The fourth-order valence-electron chi connectivity index (χ4n) is 2.57. The average Bonchev–Trinajstić information content (AvgIpc) is 2.45. The van der Waals surface area contributed by atoms with E-state index in [-0.39, 0.29) is 5.69 Å². The summed E-state index contributed by atoms with van der Waals surface area (Å²) in [6.45, 7) is 4.83. The molecule has 1 aromatic rings. The molecule has 2 rings (SSSR count). The summed E-state index contributed by atoms with van der Waals surface area (Å²) < 4.78 is 19.4. The number of nitro groups is 1. The van der Waals surface area contributed by atoms with Gasteiger partial charge in [0.15, 0.2) is 5.82 Å². The van der Waals surface area contributed by atoms with Crippen molar-refractivity contribution in [3.63, 3.8) is 0 Å². The number of benzene rings is 1. The van der Waals surface area contributed by atoms with Gasteiger partial charge in [0.1, 0.15) is 0 Å². The zero-order chi connectivity index (χ0) is 14.5. The van der Waals surface area contributed by atoms with Gasteiger partial charge in [-0.1, -0.05) is 0 Å². The monoisotopic (exact) mass is 282 g/mol. The third-order valence-corrected chi connectivity index (χ3v) is 3.56. The van der Waals surface area contributed by atoms with Gasteiger partial charge in [-0.2, -0.15) is 0 Å². The summed E-state index contributed by atoms with van der Waals surface area (Å²) in [6, 6.07) is 3.84. The molecule has 20 heavy (non-hydrogen) atoms. The smallest absolute Gasteiger partial charge is 0.272 e. The number of hydrogen-bond donors (Lipinski definition) is 0. The Hall–Kier alpha value is -1.69. The van der Waals surface area contributed by atoms with Crippen molar-refractivity contribution in [1.82, 2.24) is 0 Å². The predicted molar refractivity (Wildman–Crippen MR) is 74.5 cm³/mol. The van der Waals surface area contributed by atoms with Crippen molar-refractivity contribution in [2.45, 2.75) is 19.8 Å². The van der Waals surface area contributed by atoms with Gasteiger partial charge in [-0.05, 0) is 31.7 Å². The highest BCUT2D eigenvalue weighted by Gasteiger charge is 2.23. The molecular formula is C14H19FN2O3. The molecule has 0 radical (unpaired) electrons. The van der Waals surface area contributed by atoms with Crippen LogP contribution < -0.4 is 4.90 Å². The number of halogens is 1. The van der Waals surface area contributed by atoms with E-state index in [0.29, 0.717) is 24.8 Å². The normalized spacial score (nSPS) is 19.1. The molecule has 1 aliphatic rings. The van der Waals surface area contributed by atoms with Crippen LogP contribution in [0.2, 0.25) is 0 Å². The highest BCUT2D eigenvalue weighted by atomic mass is 19.1. The van der Waals surface area contributed by atoms with Crippen molar-refractivity contribution in [1.29, 1.82) is 0 Å². The van der Waals surface area contributed by atoms with Crippen LogP contribution in [0.25, 0.3) is 0 Å². The summed E-state index contributed by atoms with van der Waals surface area (Å²) in [7, 11) is 0. The van der Waals surface area contributed by atoms with Gasteiger partial charge in [-0.25, -0.2) is 4.39 Å². The molecule has 5 nitrogen and oxygen atoms in total. The SMILES string of the molecule is CCOCC1CCCN(c2ccc([N+](=O)[O-])cc2F)C1. The van der Waals surface area contributed by atoms with E-state index < -0.39 is 10.7 Å². The summed E-state index contributed by atoms with van der Waals surface area (Å²) in [5.74, 6) is -0.144. The van der Waals surface area contributed by atoms with Crippen LogP contribution in [-0.2, 0) is 4.74 Å². The molecule has 1 heterocycles. The molecule has 110 valence electrons. The summed E-state index contributed by atoms with van der Waals surface area (Å²) in [5, 5.41) is 10.6. The number of anilines is 1.